The number of nitrogens with two attached hydrogens (primary N) is 4. The monoisotopic (exact) mass is 1100 g/mol. The number of hydrogen-bond donors (Lipinski definition) is 13. The number of rotatable bonds is 33. The first-order chi connectivity index (χ1) is 38.3. The van der Waals surface area contributed by atoms with Crippen LogP contribution in [0.5, 0.6) is 0 Å². The van der Waals surface area contributed by atoms with Gasteiger partial charge in [-0.3, -0.25) is 48.1 Å². The number of hydrogen-bond acceptors (Lipinski definition) is 12. The number of carbonyl (C=O) groups excluding carboxylic acids is 8. The number of carboxylic acid groups (broad SMARTS) is 1. The first-order valence-electron chi connectivity index (χ1n) is 26.6. The fourth-order valence-electron chi connectivity index (χ4n) is 8.94. The van der Waals surface area contributed by atoms with Gasteiger partial charge in [0.25, 0.3) is 0 Å². The largest absolute Gasteiger partial charge is 0.481 e. The molecule has 0 radical (unpaired) electrons. The Morgan fingerprint density at radius 2 is 1.00 bits per heavy atom. The van der Waals surface area contributed by atoms with E-state index in [0.29, 0.717) is 49.0 Å². The topological polar surface area (TPSA) is 403 Å². The highest BCUT2D eigenvalue weighted by Gasteiger charge is 2.35. The molecule has 0 aliphatic carbocycles. The van der Waals surface area contributed by atoms with E-state index in [1.807, 2.05) is 79.7 Å². The standard InChI is InChI=1S/C56H74N14O10/c1-3-4-16-42(64-33(2)71)50(75)70-47(30-48(72)73)55(80)69-46(29-40-31-61-32-63-40)54(79)68-45(28-35-20-22-37-13-6-8-15-39(37)26-35)53(78)66-43(18-11-24-62-56(59)60)51(76)67-44(52(77)65-41(49(58)74)17-9-10-23-57)27-34-19-21-36-12-5-7-14-38(36)25-34/h5-8,12-15,19-22,25-26,31-32,41-47H,3-4,9-11,16-18,23-24,27-30,57H2,1-2H3,(H2,58,74)(H,61,63)(H,64,71)(H,65,77)(H,66,78)(H,67,76)(H,68,79)(H,69,80)(H,70,75)(H,72,73)(H4,59,60,62)/t41-,42-,43-,44+,45+,46-,47-/m0/s1. The summed E-state index contributed by atoms with van der Waals surface area (Å²) < 4.78 is 0. The highest BCUT2D eigenvalue weighted by Crippen LogP contribution is 2.19. The van der Waals surface area contributed by atoms with E-state index in [2.05, 4.69) is 52.2 Å². The number of nitrogens with one attached hydrogen (secondary N) is 8. The Balaban J connectivity index is 1.50. The summed E-state index contributed by atoms with van der Waals surface area (Å²) in [7, 11) is 0. The predicted molar refractivity (Wildman–Crippen MR) is 301 cm³/mol. The van der Waals surface area contributed by atoms with Gasteiger partial charge in [0, 0.05) is 44.6 Å². The van der Waals surface area contributed by atoms with E-state index in [1.165, 1.54) is 19.4 Å². The highest BCUT2D eigenvalue weighted by atomic mass is 16.4. The Morgan fingerprint density at radius 1 is 0.550 bits per heavy atom. The maximum atomic E-state index is 15.0. The van der Waals surface area contributed by atoms with Crippen LogP contribution in [0, 0.1) is 0 Å². The average molecular weight is 1100 g/mol. The van der Waals surface area contributed by atoms with Crippen LogP contribution in [-0.4, -0.2) is 130 Å². The Labute approximate surface area is 463 Å². The van der Waals surface area contributed by atoms with Crippen molar-refractivity contribution in [3.05, 3.63) is 114 Å². The van der Waals surface area contributed by atoms with Crippen LogP contribution < -0.4 is 60.2 Å². The molecule has 24 heteroatoms. The van der Waals surface area contributed by atoms with Crippen molar-refractivity contribution in [1.82, 2.24) is 47.2 Å². The van der Waals surface area contributed by atoms with Crippen LogP contribution in [0.2, 0.25) is 0 Å². The molecule has 24 nitrogen and oxygen atoms in total. The predicted octanol–water partition coefficient (Wildman–Crippen LogP) is 0.490. The van der Waals surface area contributed by atoms with Crippen LogP contribution in [0.25, 0.3) is 21.5 Å². The van der Waals surface area contributed by atoms with E-state index >= 15 is 0 Å². The summed E-state index contributed by atoms with van der Waals surface area (Å²) >= 11 is 0. The van der Waals surface area contributed by atoms with E-state index in [0.717, 1.165) is 21.5 Å². The molecule has 0 saturated carbocycles. The zero-order chi connectivity index (χ0) is 58.1. The Bertz CT molecular complexity index is 2970. The lowest BCUT2D eigenvalue weighted by Crippen LogP contribution is -2.61. The van der Waals surface area contributed by atoms with Gasteiger partial charge in [-0.1, -0.05) is 105 Å². The van der Waals surface area contributed by atoms with Gasteiger partial charge in [-0.15, -0.1) is 0 Å². The number of aromatic nitrogens is 2. The second kappa shape index (κ2) is 31.5. The molecule has 428 valence electrons. The molecular formula is C56H74N14O10. The maximum absolute atomic E-state index is 15.0. The molecule has 80 heavy (non-hydrogen) atoms. The molecule has 4 aromatic carbocycles. The molecule has 1 aromatic heterocycles. The van der Waals surface area contributed by atoms with Gasteiger partial charge < -0.3 is 70.2 Å². The van der Waals surface area contributed by atoms with E-state index in [9.17, 15) is 48.3 Å². The van der Waals surface area contributed by atoms with Gasteiger partial charge in [-0.05, 0) is 77.7 Å². The summed E-state index contributed by atoms with van der Waals surface area (Å²) in [4.78, 5) is 134. The molecule has 0 bridgehead atoms. The number of unbranched alkanes of at least 4 members (excludes halogenated alkanes) is 2. The fraction of sp³-hybridized carbons (Fsp3) is 0.411. The van der Waals surface area contributed by atoms with Crippen LogP contribution in [0.1, 0.15) is 88.5 Å². The molecule has 8 amide bonds. The third-order valence-corrected chi connectivity index (χ3v) is 13.1. The molecule has 0 saturated heterocycles. The number of fused-ring (bicyclic) bond motifs is 2. The lowest BCUT2D eigenvalue weighted by atomic mass is 9.99. The summed E-state index contributed by atoms with van der Waals surface area (Å²) in [6.45, 7) is 3.48. The number of H-pyrrole nitrogens is 1. The number of aromatic amines is 1. The third-order valence-electron chi connectivity index (χ3n) is 13.1. The quantitative estimate of drug-likeness (QED) is 0.0155. The van der Waals surface area contributed by atoms with Crippen molar-refractivity contribution >= 4 is 80.7 Å². The minimum atomic E-state index is -1.73. The zero-order valence-electron chi connectivity index (χ0n) is 45.0. The minimum Gasteiger partial charge on any atom is -0.481 e. The van der Waals surface area contributed by atoms with E-state index < -0.39 is 102 Å². The Morgan fingerprint density at radius 3 is 1.48 bits per heavy atom. The number of aliphatic imine (C=N–C) groups is 1. The van der Waals surface area contributed by atoms with Crippen molar-refractivity contribution in [3.63, 3.8) is 0 Å². The lowest BCUT2D eigenvalue weighted by Gasteiger charge is -2.28. The van der Waals surface area contributed by atoms with Crippen molar-refractivity contribution in [2.75, 3.05) is 13.1 Å². The second-order valence-corrected chi connectivity index (χ2v) is 19.5. The zero-order valence-corrected chi connectivity index (χ0v) is 45.0. The van der Waals surface area contributed by atoms with Crippen LogP contribution in [0.15, 0.2) is 102 Å². The smallest absolute Gasteiger partial charge is 0.305 e. The van der Waals surface area contributed by atoms with Crippen molar-refractivity contribution in [2.24, 2.45) is 27.9 Å². The number of nitrogens with zero attached hydrogens (tertiary/aromatic N) is 2. The molecule has 7 atom stereocenters. The SMILES string of the molecule is CCCC[C@H](NC(C)=O)C(=O)N[C@@H](CC(=O)O)C(=O)N[C@@H](Cc1cnc[nH]1)C(=O)N[C@H](Cc1ccc2ccccc2c1)C(=O)N[C@@H](CCCN=C(N)N)C(=O)N[C@H](Cc1ccc2ccccc2c1)C(=O)N[C@@H](CCCCN)C(N)=O. The fourth-order valence-corrected chi connectivity index (χ4v) is 8.94. The third kappa shape index (κ3) is 20.1. The van der Waals surface area contributed by atoms with Crippen molar-refractivity contribution < 1.29 is 48.3 Å². The number of aliphatic carboxylic acids is 1. The molecule has 1 heterocycles. The number of guanidine groups is 1. The number of primary amides is 1. The van der Waals surface area contributed by atoms with Gasteiger partial charge in [0.2, 0.25) is 47.3 Å². The van der Waals surface area contributed by atoms with Crippen LogP contribution in [0.4, 0.5) is 0 Å². The number of carbonyl (C=O) groups is 9. The summed E-state index contributed by atoms with van der Waals surface area (Å²) in [5.41, 5.74) is 24.2. The molecule has 0 fully saturated rings. The molecular weight excluding hydrogens is 1030 g/mol. The molecule has 0 aliphatic heterocycles. The van der Waals surface area contributed by atoms with Crippen molar-refractivity contribution in [1.29, 1.82) is 0 Å². The molecule has 17 N–H and O–H groups in total. The van der Waals surface area contributed by atoms with E-state index in [4.69, 9.17) is 22.9 Å². The van der Waals surface area contributed by atoms with Gasteiger partial charge in [0.05, 0.1) is 12.7 Å². The number of amides is 8. The Hall–Kier alpha value is -8.93. The van der Waals surface area contributed by atoms with Gasteiger partial charge >= 0.3 is 5.97 Å². The van der Waals surface area contributed by atoms with Gasteiger partial charge in [-0.25, -0.2) is 4.98 Å². The highest BCUT2D eigenvalue weighted by molar-refractivity contribution is 5.99. The summed E-state index contributed by atoms with van der Waals surface area (Å²) in [5.74, 6) is -8.20. The first kappa shape index (κ1) is 61.9. The lowest BCUT2D eigenvalue weighted by molar-refractivity contribution is -0.141. The second-order valence-electron chi connectivity index (χ2n) is 19.5. The van der Waals surface area contributed by atoms with Gasteiger partial charge in [0.15, 0.2) is 5.96 Å². The number of carboxylic acids is 1. The van der Waals surface area contributed by atoms with Crippen molar-refractivity contribution in [2.45, 2.75) is 133 Å². The Kier molecular flexibility index (Phi) is 24.4. The van der Waals surface area contributed by atoms with E-state index in [-0.39, 0.29) is 57.5 Å². The summed E-state index contributed by atoms with van der Waals surface area (Å²) in [5, 5.41) is 31.9. The normalized spacial score (nSPS) is 13.7. The number of imidazole rings is 1. The van der Waals surface area contributed by atoms with Crippen LogP contribution >= 0.6 is 0 Å². The summed E-state index contributed by atoms with van der Waals surface area (Å²) in [6, 6.07) is 16.3. The maximum Gasteiger partial charge on any atom is 0.305 e. The van der Waals surface area contributed by atoms with Crippen LogP contribution in [0.3, 0.4) is 0 Å². The van der Waals surface area contributed by atoms with Gasteiger partial charge in [-0.2, -0.15) is 0 Å². The molecule has 5 aromatic rings. The average Bonchev–Trinajstić information content (AvgIpc) is 3.97. The van der Waals surface area contributed by atoms with E-state index in [1.54, 1.807) is 12.1 Å². The molecule has 5 rings (SSSR count). The molecule has 0 unspecified atom stereocenters. The van der Waals surface area contributed by atoms with Crippen molar-refractivity contribution in [3.8, 4) is 0 Å². The summed E-state index contributed by atoms with van der Waals surface area (Å²) in [6.07, 6.45) is 4.02. The molecule has 0 aliphatic rings. The minimum absolute atomic E-state index is 0.0360. The van der Waals surface area contributed by atoms with Gasteiger partial charge in [0.1, 0.15) is 42.3 Å². The first-order valence-corrected chi connectivity index (χ1v) is 26.6. The number of benzene rings is 4. The van der Waals surface area contributed by atoms with Crippen LogP contribution in [-0.2, 0) is 62.4 Å². The molecule has 0 spiro atoms.